The van der Waals surface area contributed by atoms with Crippen LogP contribution in [-0.4, -0.2) is 9.97 Å². The third-order valence-electron chi connectivity index (χ3n) is 8.30. The molecule has 8 rings (SSSR count). The summed E-state index contributed by atoms with van der Waals surface area (Å²) in [5.41, 5.74) is 12.9. The number of hydrogen-bond acceptors (Lipinski definition) is 3. The van der Waals surface area contributed by atoms with E-state index in [-0.39, 0.29) is 5.41 Å². The lowest BCUT2D eigenvalue weighted by Crippen LogP contribution is -2.30. The van der Waals surface area contributed by atoms with E-state index in [2.05, 4.69) is 132 Å². The molecule has 0 fully saturated rings. The minimum atomic E-state index is -0.0734. The molecule has 0 radical (unpaired) electrons. The molecule has 38 heavy (non-hydrogen) atoms. The zero-order valence-corrected chi connectivity index (χ0v) is 21.3. The summed E-state index contributed by atoms with van der Waals surface area (Å²) in [6, 6.07) is 37.5. The lowest BCUT2D eigenvalue weighted by atomic mass is 9.73. The number of nitrogens with zero attached hydrogens (tertiary/aromatic N) is 3. The van der Waals surface area contributed by atoms with Gasteiger partial charge < -0.3 is 4.90 Å². The average Bonchev–Trinajstić information content (AvgIpc) is 3.29. The molecular formula is C35H25N3. The van der Waals surface area contributed by atoms with Gasteiger partial charge in [0.2, 0.25) is 0 Å². The van der Waals surface area contributed by atoms with E-state index in [1.165, 1.54) is 55.5 Å². The molecule has 0 atom stereocenters. The highest BCUT2D eigenvalue weighted by molar-refractivity contribution is 6.17. The van der Waals surface area contributed by atoms with E-state index in [0.29, 0.717) is 0 Å². The monoisotopic (exact) mass is 487 g/mol. The number of anilines is 3. The lowest BCUT2D eigenvalue weighted by molar-refractivity contribution is 0.632. The van der Waals surface area contributed by atoms with Crippen LogP contribution >= 0.6 is 0 Å². The van der Waals surface area contributed by atoms with Crippen LogP contribution in [0, 0.1) is 0 Å². The largest absolute Gasteiger partial charge is 0.310 e. The molecule has 0 N–H and O–H groups in total. The van der Waals surface area contributed by atoms with Crippen molar-refractivity contribution in [3.05, 3.63) is 127 Å². The SMILES string of the molecule is CC1(C)c2ccccc2N(c2cccc(-c3ccc4c5c(cccc35)-c3nccnc3-4)c2)c2ccccc21. The van der Waals surface area contributed by atoms with Gasteiger partial charge in [-0.25, -0.2) is 0 Å². The van der Waals surface area contributed by atoms with Gasteiger partial charge in [-0.15, -0.1) is 0 Å². The third kappa shape index (κ3) is 2.79. The summed E-state index contributed by atoms with van der Waals surface area (Å²) >= 11 is 0. The van der Waals surface area contributed by atoms with Crippen molar-refractivity contribution >= 4 is 27.8 Å². The zero-order chi connectivity index (χ0) is 25.4. The van der Waals surface area contributed by atoms with Gasteiger partial charge in [0, 0.05) is 40.0 Å². The second kappa shape index (κ2) is 7.62. The Hall–Kier alpha value is -4.76. The van der Waals surface area contributed by atoms with Crippen LogP contribution < -0.4 is 4.90 Å². The second-order valence-corrected chi connectivity index (χ2v) is 10.7. The first kappa shape index (κ1) is 21.3. The number of para-hydroxylation sites is 2. The predicted octanol–water partition coefficient (Wildman–Crippen LogP) is 9.05. The molecule has 6 aromatic rings. The summed E-state index contributed by atoms with van der Waals surface area (Å²) in [5, 5.41) is 2.48. The molecule has 180 valence electrons. The van der Waals surface area contributed by atoms with Crippen molar-refractivity contribution in [1.29, 1.82) is 0 Å². The average molecular weight is 488 g/mol. The Kier molecular flexibility index (Phi) is 4.28. The van der Waals surface area contributed by atoms with Crippen molar-refractivity contribution in [2.24, 2.45) is 0 Å². The fourth-order valence-corrected chi connectivity index (χ4v) is 6.55. The van der Waals surface area contributed by atoms with Gasteiger partial charge in [0.05, 0.1) is 22.8 Å². The van der Waals surface area contributed by atoms with Crippen LogP contribution in [-0.2, 0) is 5.41 Å². The number of aromatic nitrogens is 2. The van der Waals surface area contributed by atoms with Gasteiger partial charge in [0.1, 0.15) is 0 Å². The van der Waals surface area contributed by atoms with Gasteiger partial charge in [-0.05, 0) is 51.9 Å². The maximum Gasteiger partial charge on any atom is 0.0971 e. The number of rotatable bonds is 2. The summed E-state index contributed by atoms with van der Waals surface area (Å²) in [4.78, 5) is 11.7. The van der Waals surface area contributed by atoms with E-state index in [1.54, 1.807) is 12.4 Å². The maximum absolute atomic E-state index is 4.66. The molecule has 2 aliphatic rings. The van der Waals surface area contributed by atoms with Crippen LogP contribution in [0.2, 0.25) is 0 Å². The highest BCUT2D eigenvalue weighted by atomic mass is 15.2. The zero-order valence-electron chi connectivity index (χ0n) is 21.3. The molecule has 1 aromatic heterocycles. The van der Waals surface area contributed by atoms with Gasteiger partial charge in [-0.2, -0.15) is 0 Å². The van der Waals surface area contributed by atoms with Crippen molar-refractivity contribution in [2.75, 3.05) is 4.90 Å². The van der Waals surface area contributed by atoms with E-state index < -0.39 is 0 Å². The quantitative estimate of drug-likeness (QED) is 0.244. The standard InChI is InChI=1S/C35H25N3/c1-35(2)28-13-3-5-15-30(28)38(31-16-6-4-14-29(31)35)23-10-7-9-22(21-23)24-17-18-27-32-25(24)11-8-12-26(32)33-34(27)37-20-19-36-33/h3-21H,1-2H3. The molecule has 3 nitrogen and oxygen atoms in total. The number of benzene rings is 5. The number of fused-ring (bicyclic) bond motifs is 5. The topological polar surface area (TPSA) is 29.0 Å². The summed E-state index contributed by atoms with van der Waals surface area (Å²) in [6.07, 6.45) is 3.56. The summed E-state index contributed by atoms with van der Waals surface area (Å²) in [7, 11) is 0. The van der Waals surface area contributed by atoms with E-state index in [1.807, 2.05) is 0 Å². The smallest absolute Gasteiger partial charge is 0.0971 e. The molecule has 0 saturated carbocycles. The number of hydrogen-bond donors (Lipinski definition) is 0. The van der Waals surface area contributed by atoms with E-state index >= 15 is 0 Å². The lowest BCUT2D eigenvalue weighted by Gasteiger charge is -2.42. The van der Waals surface area contributed by atoms with Crippen molar-refractivity contribution < 1.29 is 0 Å². The van der Waals surface area contributed by atoms with Crippen molar-refractivity contribution in [3.8, 4) is 33.6 Å². The summed E-state index contributed by atoms with van der Waals surface area (Å²) in [6.45, 7) is 4.65. The Balaban J connectivity index is 1.34. The first-order valence-corrected chi connectivity index (χ1v) is 13.1. The maximum atomic E-state index is 4.66. The van der Waals surface area contributed by atoms with E-state index in [9.17, 15) is 0 Å². The van der Waals surface area contributed by atoms with Crippen LogP contribution in [0.3, 0.4) is 0 Å². The molecule has 0 unspecified atom stereocenters. The van der Waals surface area contributed by atoms with Crippen LogP contribution in [0.25, 0.3) is 44.4 Å². The molecule has 0 spiro atoms. The first-order valence-electron chi connectivity index (χ1n) is 13.1. The summed E-state index contributed by atoms with van der Waals surface area (Å²) in [5.74, 6) is 0. The first-order chi connectivity index (χ1) is 18.6. The Morgan fingerprint density at radius 1 is 0.579 bits per heavy atom. The fourth-order valence-electron chi connectivity index (χ4n) is 6.55. The summed E-state index contributed by atoms with van der Waals surface area (Å²) < 4.78 is 0. The molecular weight excluding hydrogens is 462 g/mol. The van der Waals surface area contributed by atoms with Crippen LogP contribution in [0.4, 0.5) is 17.1 Å². The molecule has 2 heterocycles. The Morgan fingerprint density at radius 2 is 1.18 bits per heavy atom. The second-order valence-electron chi connectivity index (χ2n) is 10.7. The predicted molar refractivity (Wildman–Crippen MR) is 156 cm³/mol. The highest BCUT2D eigenvalue weighted by Crippen LogP contribution is 2.52. The normalized spacial score (nSPS) is 14.2. The highest BCUT2D eigenvalue weighted by Gasteiger charge is 2.36. The van der Waals surface area contributed by atoms with Crippen LogP contribution in [0.15, 0.2) is 116 Å². The van der Waals surface area contributed by atoms with Crippen molar-refractivity contribution in [2.45, 2.75) is 19.3 Å². The Bertz CT molecular complexity index is 1840. The van der Waals surface area contributed by atoms with Gasteiger partial charge in [-0.3, -0.25) is 9.97 Å². The molecule has 0 amide bonds. The molecule has 3 heteroatoms. The molecule has 0 saturated heterocycles. The van der Waals surface area contributed by atoms with Crippen molar-refractivity contribution in [3.63, 3.8) is 0 Å². The minimum absolute atomic E-state index is 0.0734. The van der Waals surface area contributed by atoms with Gasteiger partial charge in [-0.1, -0.05) is 92.7 Å². The molecule has 1 aliphatic heterocycles. The third-order valence-corrected chi connectivity index (χ3v) is 8.30. The van der Waals surface area contributed by atoms with Gasteiger partial charge in [0.25, 0.3) is 0 Å². The van der Waals surface area contributed by atoms with Crippen LogP contribution in [0.5, 0.6) is 0 Å². The van der Waals surface area contributed by atoms with E-state index in [4.69, 9.17) is 0 Å². The van der Waals surface area contributed by atoms with Gasteiger partial charge in [0.15, 0.2) is 0 Å². The molecule has 5 aromatic carbocycles. The minimum Gasteiger partial charge on any atom is -0.310 e. The molecule has 1 aliphatic carbocycles. The fraction of sp³-hybridized carbons (Fsp3) is 0.0857. The van der Waals surface area contributed by atoms with E-state index in [0.717, 1.165) is 17.1 Å². The van der Waals surface area contributed by atoms with Crippen LogP contribution in [0.1, 0.15) is 25.0 Å². The Morgan fingerprint density at radius 3 is 1.89 bits per heavy atom. The molecule has 0 bridgehead atoms. The van der Waals surface area contributed by atoms with Gasteiger partial charge >= 0.3 is 0 Å². The Labute approximate surface area is 222 Å². The van der Waals surface area contributed by atoms with Crippen molar-refractivity contribution in [1.82, 2.24) is 9.97 Å².